The summed E-state index contributed by atoms with van der Waals surface area (Å²) in [5.41, 5.74) is 0.813. The molecule has 0 N–H and O–H groups in total. The fourth-order valence-corrected chi connectivity index (χ4v) is 3.06. The van der Waals surface area contributed by atoms with E-state index < -0.39 is 17.2 Å². The van der Waals surface area contributed by atoms with Crippen LogP contribution in [0, 0.1) is 11.3 Å². The van der Waals surface area contributed by atoms with Gasteiger partial charge in [0.1, 0.15) is 0 Å². The first kappa shape index (κ1) is 18.8. The Morgan fingerprint density at radius 2 is 1.85 bits per heavy atom. The zero-order valence-electron chi connectivity index (χ0n) is 14.4. The summed E-state index contributed by atoms with van der Waals surface area (Å²) in [6, 6.07) is 8.39. The number of halogens is 3. The van der Waals surface area contributed by atoms with Gasteiger partial charge in [-0.1, -0.05) is 5.16 Å². The molecule has 2 aromatic heterocycles. The maximum absolute atomic E-state index is 12.5. The van der Waals surface area contributed by atoms with Crippen LogP contribution in [0.2, 0.25) is 0 Å². The summed E-state index contributed by atoms with van der Waals surface area (Å²) in [6.07, 6.45) is 2.24. The van der Waals surface area contributed by atoms with Gasteiger partial charge < -0.3 is 4.84 Å². The van der Waals surface area contributed by atoms with E-state index in [2.05, 4.69) is 21.2 Å². The third kappa shape index (κ3) is 4.42. The molecule has 3 rings (SSSR count). The Morgan fingerprint density at radius 3 is 2.41 bits per heavy atom. The number of hydrogen-bond donors (Lipinski definition) is 0. The Hall–Kier alpha value is -2.95. The Balaban J connectivity index is 1.56. The van der Waals surface area contributed by atoms with Crippen LogP contribution in [0.3, 0.4) is 0 Å². The highest BCUT2D eigenvalue weighted by atomic mass is 19.4. The van der Waals surface area contributed by atoms with Gasteiger partial charge in [-0.25, -0.2) is 0 Å². The highest BCUT2D eigenvalue weighted by Crippen LogP contribution is 2.37. The van der Waals surface area contributed by atoms with Crippen LogP contribution in [-0.2, 0) is 23.0 Å². The zero-order valence-corrected chi connectivity index (χ0v) is 14.4. The molecule has 0 unspecified atom stereocenters. The maximum atomic E-state index is 12.5. The van der Waals surface area contributed by atoms with Crippen molar-refractivity contribution in [1.82, 2.24) is 9.97 Å². The number of alkyl halides is 3. The van der Waals surface area contributed by atoms with Crippen LogP contribution >= 0.6 is 0 Å². The van der Waals surface area contributed by atoms with Gasteiger partial charge in [-0.15, -0.1) is 0 Å². The standard InChI is InChI=1S/C19H17F3N4O/c20-19(21,22)15-1-2-17(25-11-15)12-27-26-16-3-7-18(13-23,8-4-16)14-5-9-24-10-6-14/h1-2,5-6,9-11H,3-4,7-8,12H2. The van der Waals surface area contributed by atoms with Crippen molar-refractivity contribution in [3.05, 3.63) is 59.7 Å². The van der Waals surface area contributed by atoms with Crippen molar-refractivity contribution >= 4 is 5.71 Å². The first-order chi connectivity index (χ1) is 12.9. The summed E-state index contributed by atoms with van der Waals surface area (Å²) >= 11 is 0. The van der Waals surface area contributed by atoms with Crippen molar-refractivity contribution in [3.63, 3.8) is 0 Å². The summed E-state index contributed by atoms with van der Waals surface area (Å²) in [7, 11) is 0. The zero-order chi connectivity index (χ0) is 19.3. The van der Waals surface area contributed by atoms with Gasteiger partial charge in [-0.05, 0) is 55.5 Å². The number of nitrogens with zero attached hydrogens (tertiary/aromatic N) is 4. The molecule has 0 radical (unpaired) electrons. The van der Waals surface area contributed by atoms with Crippen LogP contribution in [0.4, 0.5) is 13.2 Å². The molecular weight excluding hydrogens is 357 g/mol. The molecule has 0 aliphatic heterocycles. The molecule has 1 fully saturated rings. The second-order valence-corrected chi connectivity index (χ2v) is 6.40. The molecule has 1 aliphatic rings. The molecule has 0 spiro atoms. The van der Waals surface area contributed by atoms with Crippen LogP contribution in [0.15, 0.2) is 48.0 Å². The predicted molar refractivity (Wildman–Crippen MR) is 91.5 cm³/mol. The van der Waals surface area contributed by atoms with Crippen LogP contribution < -0.4 is 0 Å². The fraction of sp³-hybridized carbons (Fsp3) is 0.368. The third-order valence-corrected chi connectivity index (χ3v) is 4.69. The molecule has 5 nitrogen and oxygen atoms in total. The molecular formula is C19H17F3N4O. The average molecular weight is 374 g/mol. The van der Waals surface area contributed by atoms with Gasteiger partial charge in [0, 0.05) is 18.6 Å². The lowest BCUT2D eigenvalue weighted by molar-refractivity contribution is -0.137. The molecule has 2 aromatic rings. The summed E-state index contributed by atoms with van der Waals surface area (Å²) in [5, 5.41) is 13.7. The summed E-state index contributed by atoms with van der Waals surface area (Å²) < 4.78 is 37.5. The molecule has 0 aromatic carbocycles. The van der Waals surface area contributed by atoms with E-state index in [1.807, 2.05) is 12.1 Å². The molecule has 0 saturated heterocycles. The van der Waals surface area contributed by atoms with E-state index >= 15 is 0 Å². The molecule has 0 amide bonds. The Kier molecular flexibility index (Phi) is 5.40. The third-order valence-electron chi connectivity index (χ3n) is 4.69. The lowest BCUT2D eigenvalue weighted by Gasteiger charge is -2.31. The van der Waals surface area contributed by atoms with Crippen LogP contribution in [0.5, 0.6) is 0 Å². The molecule has 0 bridgehead atoms. The molecule has 27 heavy (non-hydrogen) atoms. The van der Waals surface area contributed by atoms with E-state index in [4.69, 9.17) is 4.84 Å². The Labute approximate surface area is 154 Å². The van der Waals surface area contributed by atoms with Gasteiger partial charge in [0.05, 0.1) is 28.5 Å². The fourth-order valence-electron chi connectivity index (χ4n) is 3.06. The first-order valence-electron chi connectivity index (χ1n) is 8.44. The van der Waals surface area contributed by atoms with Gasteiger partial charge in [-0.3, -0.25) is 9.97 Å². The topological polar surface area (TPSA) is 71.2 Å². The van der Waals surface area contributed by atoms with Crippen molar-refractivity contribution in [2.45, 2.75) is 43.9 Å². The lowest BCUT2D eigenvalue weighted by atomic mass is 9.70. The number of nitriles is 1. The number of oxime groups is 1. The molecule has 1 saturated carbocycles. The molecule has 1 aliphatic carbocycles. The van der Waals surface area contributed by atoms with E-state index in [0.717, 1.165) is 23.5 Å². The number of pyridine rings is 2. The normalized spacial score (nSPS) is 20.0. The van der Waals surface area contributed by atoms with Crippen molar-refractivity contribution in [2.24, 2.45) is 5.16 Å². The van der Waals surface area contributed by atoms with Gasteiger partial charge in [-0.2, -0.15) is 18.4 Å². The van der Waals surface area contributed by atoms with E-state index in [1.54, 1.807) is 12.4 Å². The van der Waals surface area contributed by atoms with Crippen molar-refractivity contribution in [1.29, 1.82) is 5.26 Å². The second kappa shape index (κ2) is 7.74. The Bertz CT molecular complexity index is 832. The van der Waals surface area contributed by atoms with E-state index in [1.165, 1.54) is 6.07 Å². The van der Waals surface area contributed by atoms with E-state index in [-0.39, 0.29) is 6.61 Å². The molecule has 2 heterocycles. The molecule has 140 valence electrons. The monoisotopic (exact) mass is 374 g/mol. The summed E-state index contributed by atoms with van der Waals surface area (Å²) in [4.78, 5) is 13.0. The van der Waals surface area contributed by atoms with Crippen molar-refractivity contribution in [3.8, 4) is 6.07 Å². The van der Waals surface area contributed by atoms with Gasteiger partial charge >= 0.3 is 6.18 Å². The maximum Gasteiger partial charge on any atom is 0.417 e. The number of hydrogen-bond acceptors (Lipinski definition) is 5. The Morgan fingerprint density at radius 1 is 1.15 bits per heavy atom. The SMILES string of the molecule is N#CC1(c2ccncc2)CCC(=NOCc2ccc(C(F)(F)F)cn2)CC1. The smallest absolute Gasteiger partial charge is 0.389 e. The minimum absolute atomic E-state index is 0.00458. The lowest BCUT2D eigenvalue weighted by Crippen LogP contribution is -2.30. The highest BCUT2D eigenvalue weighted by Gasteiger charge is 2.36. The number of aromatic nitrogens is 2. The minimum atomic E-state index is -4.41. The van der Waals surface area contributed by atoms with Gasteiger partial charge in [0.2, 0.25) is 0 Å². The van der Waals surface area contributed by atoms with Crippen molar-refractivity contribution in [2.75, 3.05) is 0 Å². The van der Waals surface area contributed by atoms with E-state index in [0.29, 0.717) is 31.4 Å². The predicted octanol–water partition coefficient (Wildman–Crippen LogP) is 4.40. The van der Waals surface area contributed by atoms with Crippen LogP contribution in [0.1, 0.15) is 42.5 Å². The van der Waals surface area contributed by atoms with E-state index in [9.17, 15) is 18.4 Å². The van der Waals surface area contributed by atoms with Crippen LogP contribution in [-0.4, -0.2) is 15.7 Å². The van der Waals surface area contributed by atoms with Gasteiger partial charge in [0.15, 0.2) is 6.61 Å². The first-order valence-corrected chi connectivity index (χ1v) is 8.44. The quantitative estimate of drug-likeness (QED) is 0.744. The number of rotatable bonds is 4. The average Bonchev–Trinajstić information content (AvgIpc) is 2.69. The van der Waals surface area contributed by atoms with Gasteiger partial charge in [0.25, 0.3) is 0 Å². The minimum Gasteiger partial charge on any atom is -0.389 e. The summed E-state index contributed by atoms with van der Waals surface area (Å²) in [5.74, 6) is 0. The molecule has 8 heteroatoms. The van der Waals surface area contributed by atoms with Crippen molar-refractivity contribution < 1.29 is 18.0 Å². The van der Waals surface area contributed by atoms with Crippen LogP contribution in [0.25, 0.3) is 0 Å². The summed E-state index contributed by atoms with van der Waals surface area (Å²) in [6.45, 7) is -0.00458. The second-order valence-electron chi connectivity index (χ2n) is 6.40. The molecule has 0 atom stereocenters. The highest BCUT2D eigenvalue weighted by molar-refractivity contribution is 5.85. The largest absolute Gasteiger partial charge is 0.417 e.